The van der Waals surface area contributed by atoms with Crippen molar-refractivity contribution in [2.45, 2.75) is 32.4 Å². The summed E-state index contributed by atoms with van der Waals surface area (Å²) in [4.78, 5) is 14.0. The SMILES string of the molecule is CCCOc1ccc2c(c1)CCN(C(=O)C(N)COC)C2.Cl. The number of benzene rings is 1. The Labute approximate surface area is 138 Å². The zero-order valence-electron chi connectivity index (χ0n) is 13.2. The maximum atomic E-state index is 12.2. The molecular formula is C16H25ClN2O3. The van der Waals surface area contributed by atoms with Crippen LogP contribution in [0.2, 0.25) is 0 Å². The predicted molar refractivity (Wildman–Crippen MR) is 88.4 cm³/mol. The molecule has 0 fully saturated rings. The molecule has 0 bridgehead atoms. The van der Waals surface area contributed by atoms with E-state index in [4.69, 9.17) is 15.2 Å². The van der Waals surface area contributed by atoms with Crippen LogP contribution in [0.15, 0.2) is 18.2 Å². The van der Waals surface area contributed by atoms with E-state index in [0.29, 0.717) is 13.1 Å². The second kappa shape index (κ2) is 8.98. The van der Waals surface area contributed by atoms with Gasteiger partial charge in [-0.25, -0.2) is 0 Å². The highest BCUT2D eigenvalue weighted by molar-refractivity contribution is 5.85. The summed E-state index contributed by atoms with van der Waals surface area (Å²) in [6, 6.07) is 5.52. The zero-order chi connectivity index (χ0) is 15.2. The van der Waals surface area contributed by atoms with E-state index in [1.165, 1.54) is 11.1 Å². The van der Waals surface area contributed by atoms with Crippen molar-refractivity contribution < 1.29 is 14.3 Å². The summed E-state index contributed by atoms with van der Waals surface area (Å²) in [7, 11) is 1.55. The van der Waals surface area contributed by atoms with E-state index in [0.717, 1.165) is 25.2 Å². The summed E-state index contributed by atoms with van der Waals surface area (Å²) in [5.74, 6) is 0.861. The van der Waals surface area contributed by atoms with Crippen LogP contribution < -0.4 is 10.5 Å². The molecular weight excluding hydrogens is 304 g/mol. The van der Waals surface area contributed by atoms with Gasteiger partial charge in [0.05, 0.1) is 13.2 Å². The Balaban J connectivity index is 0.00000242. The first kappa shape index (κ1) is 18.7. The van der Waals surface area contributed by atoms with Gasteiger partial charge >= 0.3 is 0 Å². The van der Waals surface area contributed by atoms with Crippen LogP contribution >= 0.6 is 12.4 Å². The van der Waals surface area contributed by atoms with Crippen molar-refractivity contribution in [1.82, 2.24) is 4.90 Å². The number of methoxy groups -OCH3 is 1. The Hall–Kier alpha value is -1.30. The largest absolute Gasteiger partial charge is 0.494 e. The maximum absolute atomic E-state index is 12.2. The van der Waals surface area contributed by atoms with Crippen molar-refractivity contribution >= 4 is 18.3 Å². The molecule has 5 nitrogen and oxygen atoms in total. The first-order valence-corrected chi connectivity index (χ1v) is 7.43. The molecule has 2 N–H and O–H groups in total. The molecule has 0 spiro atoms. The third-order valence-electron chi connectivity index (χ3n) is 3.64. The van der Waals surface area contributed by atoms with Gasteiger partial charge in [-0.05, 0) is 36.1 Å². The Morgan fingerprint density at radius 1 is 1.41 bits per heavy atom. The lowest BCUT2D eigenvalue weighted by molar-refractivity contribution is -0.134. The van der Waals surface area contributed by atoms with Crippen molar-refractivity contribution in [3.8, 4) is 5.75 Å². The fraction of sp³-hybridized carbons (Fsp3) is 0.562. The summed E-state index contributed by atoms with van der Waals surface area (Å²) in [5.41, 5.74) is 8.25. The van der Waals surface area contributed by atoms with Crippen LogP contribution in [-0.4, -0.2) is 43.7 Å². The highest BCUT2D eigenvalue weighted by atomic mass is 35.5. The summed E-state index contributed by atoms with van der Waals surface area (Å²) < 4.78 is 10.6. The molecule has 1 aromatic carbocycles. The molecule has 1 atom stereocenters. The van der Waals surface area contributed by atoms with Gasteiger partial charge in [-0.1, -0.05) is 13.0 Å². The van der Waals surface area contributed by atoms with Crippen LogP contribution in [0.5, 0.6) is 5.75 Å². The van der Waals surface area contributed by atoms with E-state index >= 15 is 0 Å². The monoisotopic (exact) mass is 328 g/mol. The fourth-order valence-corrected chi connectivity index (χ4v) is 2.51. The molecule has 6 heteroatoms. The van der Waals surface area contributed by atoms with Gasteiger partial charge in [0.1, 0.15) is 11.8 Å². The molecule has 0 saturated carbocycles. The topological polar surface area (TPSA) is 64.8 Å². The van der Waals surface area contributed by atoms with Crippen molar-refractivity contribution in [1.29, 1.82) is 0 Å². The molecule has 1 heterocycles. The molecule has 0 radical (unpaired) electrons. The number of hydrogen-bond donors (Lipinski definition) is 1. The van der Waals surface area contributed by atoms with E-state index in [1.54, 1.807) is 12.0 Å². The molecule has 1 aromatic rings. The van der Waals surface area contributed by atoms with Crippen LogP contribution in [0.1, 0.15) is 24.5 Å². The van der Waals surface area contributed by atoms with E-state index < -0.39 is 6.04 Å². The number of nitrogens with two attached hydrogens (primary N) is 1. The molecule has 0 aromatic heterocycles. The number of nitrogens with zero attached hydrogens (tertiary/aromatic N) is 1. The van der Waals surface area contributed by atoms with Gasteiger partial charge in [0.15, 0.2) is 0 Å². The van der Waals surface area contributed by atoms with E-state index in [2.05, 4.69) is 13.0 Å². The molecule has 2 rings (SSSR count). The molecule has 0 aliphatic carbocycles. The number of carbonyl (C=O) groups excluding carboxylic acids is 1. The lowest BCUT2D eigenvalue weighted by Gasteiger charge is -2.31. The quantitative estimate of drug-likeness (QED) is 0.864. The average Bonchev–Trinajstić information content (AvgIpc) is 2.51. The normalized spacial score (nSPS) is 14.8. The van der Waals surface area contributed by atoms with Gasteiger partial charge in [-0.2, -0.15) is 0 Å². The Kier molecular flexibility index (Phi) is 7.65. The number of halogens is 1. The standard InChI is InChI=1S/C16H24N2O3.ClH/c1-3-8-21-14-5-4-13-10-18(7-6-12(13)9-14)16(19)15(17)11-20-2;/h4-5,9,15H,3,6-8,10-11,17H2,1-2H3;1H. The number of rotatable bonds is 6. The average molecular weight is 329 g/mol. The molecule has 1 aliphatic heterocycles. The lowest BCUT2D eigenvalue weighted by Crippen LogP contribution is -2.47. The first-order valence-electron chi connectivity index (χ1n) is 7.43. The fourth-order valence-electron chi connectivity index (χ4n) is 2.51. The van der Waals surface area contributed by atoms with E-state index in [9.17, 15) is 4.79 Å². The minimum atomic E-state index is -0.580. The summed E-state index contributed by atoms with van der Waals surface area (Å²) >= 11 is 0. The van der Waals surface area contributed by atoms with Gasteiger partial charge in [0.25, 0.3) is 0 Å². The number of carbonyl (C=O) groups is 1. The van der Waals surface area contributed by atoms with Crippen molar-refractivity contribution in [2.75, 3.05) is 26.9 Å². The van der Waals surface area contributed by atoms with Crippen molar-refractivity contribution in [3.05, 3.63) is 29.3 Å². The van der Waals surface area contributed by atoms with Gasteiger partial charge in [-0.15, -0.1) is 12.4 Å². The minimum absolute atomic E-state index is 0. The molecule has 1 amide bonds. The first-order chi connectivity index (χ1) is 10.2. The maximum Gasteiger partial charge on any atom is 0.242 e. The molecule has 1 unspecified atom stereocenters. The van der Waals surface area contributed by atoms with Gasteiger partial charge in [0.2, 0.25) is 5.91 Å². The van der Waals surface area contributed by atoms with Crippen molar-refractivity contribution in [2.24, 2.45) is 5.73 Å². The van der Waals surface area contributed by atoms with Crippen LogP contribution in [0, 0.1) is 0 Å². The third kappa shape index (κ3) is 4.60. The highest BCUT2D eigenvalue weighted by Crippen LogP contribution is 2.24. The minimum Gasteiger partial charge on any atom is -0.494 e. The lowest BCUT2D eigenvalue weighted by atomic mass is 9.99. The Bertz CT molecular complexity index is 496. The highest BCUT2D eigenvalue weighted by Gasteiger charge is 2.25. The predicted octanol–water partition coefficient (Wildman–Crippen LogP) is 1.76. The van der Waals surface area contributed by atoms with E-state index in [1.807, 2.05) is 12.1 Å². The molecule has 0 saturated heterocycles. The van der Waals surface area contributed by atoms with Crippen LogP contribution in [0.25, 0.3) is 0 Å². The van der Waals surface area contributed by atoms with E-state index in [-0.39, 0.29) is 24.9 Å². The molecule has 1 aliphatic rings. The van der Waals surface area contributed by atoms with Crippen LogP contribution in [0.3, 0.4) is 0 Å². The number of hydrogen-bond acceptors (Lipinski definition) is 4. The Morgan fingerprint density at radius 3 is 2.86 bits per heavy atom. The number of ether oxygens (including phenoxy) is 2. The number of amides is 1. The summed E-state index contributed by atoms with van der Waals surface area (Å²) in [6.07, 6.45) is 1.83. The molecule has 124 valence electrons. The van der Waals surface area contributed by atoms with Gasteiger partial charge in [0, 0.05) is 20.2 Å². The van der Waals surface area contributed by atoms with Crippen LogP contribution in [-0.2, 0) is 22.5 Å². The van der Waals surface area contributed by atoms with Gasteiger partial charge < -0.3 is 20.1 Å². The van der Waals surface area contributed by atoms with Crippen LogP contribution in [0.4, 0.5) is 0 Å². The second-order valence-electron chi connectivity index (χ2n) is 5.35. The van der Waals surface area contributed by atoms with Crippen molar-refractivity contribution in [3.63, 3.8) is 0 Å². The second-order valence-corrected chi connectivity index (χ2v) is 5.35. The smallest absolute Gasteiger partial charge is 0.242 e. The van der Waals surface area contributed by atoms with Gasteiger partial charge in [-0.3, -0.25) is 4.79 Å². The number of fused-ring (bicyclic) bond motifs is 1. The molecule has 22 heavy (non-hydrogen) atoms. The summed E-state index contributed by atoms with van der Waals surface area (Å²) in [6.45, 7) is 4.38. The third-order valence-corrected chi connectivity index (χ3v) is 3.64. The zero-order valence-corrected chi connectivity index (χ0v) is 14.0. The Morgan fingerprint density at radius 2 is 2.18 bits per heavy atom. The summed E-state index contributed by atoms with van der Waals surface area (Å²) in [5, 5.41) is 0.